The van der Waals surface area contributed by atoms with Crippen molar-refractivity contribution in [2.24, 2.45) is 4.99 Å². The number of amidine groups is 1. The van der Waals surface area contributed by atoms with Gasteiger partial charge in [-0.05, 0) is 85.3 Å². The third kappa shape index (κ3) is 5.63. The van der Waals surface area contributed by atoms with Gasteiger partial charge in [-0.25, -0.2) is 4.99 Å². The summed E-state index contributed by atoms with van der Waals surface area (Å²) in [6, 6.07) is 33.4. The smallest absolute Gasteiger partial charge is 0.269 e. The number of anilines is 1. The molecule has 0 atom stereocenters. The maximum Gasteiger partial charge on any atom is 0.269 e. The van der Waals surface area contributed by atoms with Crippen LogP contribution in [0.15, 0.2) is 123 Å². The minimum Gasteiger partial charge on any atom is -0.457 e. The van der Waals surface area contributed by atoms with Crippen molar-refractivity contribution < 1.29 is 9.53 Å². The van der Waals surface area contributed by atoms with E-state index in [1.165, 1.54) is 17.3 Å². The molecule has 5 nitrogen and oxygen atoms in total. The van der Waals surface area contributed by atoms with Gasteiger partial charge in [0.15, 0.2) is 5.17 Å². The van der Waals surface area contributed by atoms with Crippen molar-refractivity contribution in [3.05, 3.63) is 124 Å². The van der Waals surface area contributed by atoms with Crippen LogP contribution >= 0.6 is 35.1 Å². The lowest BCUT2D eigenvalue weighted by Crippen LogP contribution is -2.32. The molecule has 0 bridgehead atoms. The molecular weight excluding hydrogens is 558 g/mol. The van der Waals surface area contributed by atoms with E-state index in [2.05, 4.69) is 24.0 Å². The van der Waals surface area contributed by atoms with Crippen LogP contribution in [0.1, 0.15) is 12.5 Å². The van der Waals surface area contributed by atoms with Gasteiger partial charge < -0.3 is 9.64 Å². The zero-order valence-electron chi connectivity index (χ0n) is 21.8. The van der Waals surface area contributed by atoms with E-state index in [9.17, 15) is 4.79 Å². The van der Waals surface area contributed by atoms with Gasteiger partial charge in [0.25, 0.3) is 5.91 Å². The van der Waals surface area contributed by atoms with Crippen molar-refractivity contribution in [2.45, 2.75) is 18.2 Å². The Morgan fingerprint density at radius 1 is 0.825 bits per heavy atom. The number of amides is 1. The van der Waals surface area contributed by atoms with Crippen LogP contribution in [0.5, 0.6) is 11.5 Å². The molecule has 200 valence electrons. The topological polar surface area (TPSA) is 45.1 Å². The molecule has 0 aromatic heterocycles. The Hall–Kier alpha value is -3.65. The quantitative estimate of drug-likeness (QED) is 0.204. The fraction of sp³-hybridized carbons (Fsp3) is 0.125. The Kier molecular flexibility index (Phi) is 7.86. The van der Waals surface area contributed by atoms with E-state index in [-0.39, 0.29) is 5.91 Å². The summed E-state index contributed by atoms with van der Waals surface area (Å²) >= 11 is 9.36. The molecule has 0 unspecified atom stereocenters. The first kappa shape index (κ1) is 26.6. The van der Waals surface area contributed by atoms with Crippen LogP contribution in [0.4, 0.5) is 11.4 Å². The maximum absolute atomic E-state index is 13.9. The summed E-state index contributed by atoms with van der Waals surface area (Å²) in [7, 11) is 0. The highest BCUT2D eigenvalue weighted by Gasteiger charge is 2.39. The highest BCUT2D eigenvalue weighted by Crippen LogP contribution is 2.51. The number of aliphatic imine (C=N–C) groups is 1. The Labute approximate surface area is 247 Å². The van der Waals surface area contributed by atoms with Gasteiger partial charge in [-0.1, -0.05) is 71.9 Å². The second-order valence-electron chi connectivity index (χ2n) is 9.19. The van der Waals surface area contributed by atoms with Gasteiger partial charge in [0.05, 0.1) is 11.4 Å². The minimum atomic E-state index is -0.0245. The van der Waals surface area contributed by atoms with E-state index in [0.717, 1.165) is 45.8 Å². The van der Waals surface area contributed by atoms with E-state index in [1.807, 2.05) is 91.0 Å². The van der Waals surface area contributed by atoms with Crippen LogP contribution in [0.2, 0.25) is 5.02 Å². The summed E-state index contributed by atoms with van der Waals surface area (Å²) in [5.41, 5.74) is 2.97. The molecule has 1 fully saturated rings. The molecule has 8 heteroatoms. The Balaban J connectivity index is 1.31. The molecule has 2 aliphatic rings. The largest absolute Gasteiger partial charge is 0.457 e. The number of hydrogen-bond acceptors (Lipinski definition) is 6. The van der Waals surface area contributed by atoms with Gasteiger partial charge in [-0.2, -0.15) is 0 Å². The predicted molar refractivity (Wildman–Crippen MR) is 167 cm³/mol. The molecular formula is C32H26ClN3O2S2. The number of carbonyl (C=O) groups excluding carboxylic acids is 1. The summed E-state index contributed by atoms with van der Waals surface area (Å²) in [4.78, 5) is 24.6. The summed E-state index contributed by atoms with van der Waals surface area (Å²) < 4.78 is 5.93. The predicted octanol–water partition coefficient (Wildman–Crippen LogP) is 8.74. The molecule has 6 rings (SSSR count). The minimum absolute atomic E-state index is 0.0245. The van der Waals surface area contributed by atoms with E-state index in [0.29, 0.717) is 21.6 Å². The second kappa shape index (κ2) is 11.8. The standard InChI is InChI=1S/C32H26ClN3O2S2/c1-2-35-27-21-23(33)13-18-28(27)39-31(35)29-30(37)36(20-19-22-9-5-3-6-10-22)32(40-29)34-24-14-16-26(17-15-24)38-25-11-7-4-8-12-25/h3-18,21H,2,19-20H2,1H3/b31-29-,34-32?. The number of rotatable bonds is 7. The van der Waals surface area contributed by atoms with Crippen LogP contribution < -0.4 is 9.64 Å². The monoisotopic (exact) mass is 583 g/mol. The van der Waals surface area contributed by atoms with Crippen LogP contribution in [0.25, 0.3) is 0 Å². The molecule has 0 spiro atoms. The van der Waals surface area contributed by atoms with Gasteiger partial charge >= 0.3 is 0 Å². The lowest BCUT2D eigenvalue weighted by Gasteiger charge is -2.19. The molecule has 0 radical (unpaired) electrons. The van der Waals surface area contributed by atoms with Crippen molar-refractivity contribution in [2.75, 3.05) is 18.0 Å². The van der Waals surface area contributed by atoms with Gasteiger partial charge in [0, 0.05) is 23.0 Å². The number of para-hydroxylation sites is 1. The third-order valence-corrected chi connectivity index (χ3v) is 9.16. The first-order valence-corrected chi connectivity index (χ1v) is 15.0. The molecule has 0 N–H and O–H groups in total. The van der Waals surface area contributed by atoms with Crippen molar-refractivity contribution in [1.82, 2.24) is 4.90 Å². The molecule has 0 saturated carbocycles. The number of benzene rings is 4. The average Bonchev–Trinajstić information content (AvgIpc) is 3.49. The number of ether oxygens (including phenoxy) is 1. The number of hydrogen-bond donors (Lipinski definition) is 0. The zero-order chi connectivity index (χ0) is 27.5. The van der Waals surface area contributed by atoms with Gasteiger partial charge in [-0.3, -0.25) is 9.69 Å². The van der Waals surface area contributed by atoms with E-state index >= 15 is 0 Å². The zero-order valence-corrected chi connectivity index (χ0v) is 24.2. The highest BCUT2D eigenvalue weighted by molar-refractivity contribution is 8.19. The van der Waals surface area contributed by atoms with E-state index in [1.54, 1.807) is 16.7 Å². The molecule has 40 heavy (non-hydrogen) atoms. The fourth-order valence-corrected chi connectivity index (χ4v) is 7.13. The second-order valence-corrected chi connectivity index (χ2v) is 11.6. The molecule has 4 aromatic rings. The van der Waals surface area contributed by atoms with Crippen LogP contribution in [0.3, 0.4) is 0 Å². The number of thioether (sulfide) groups is 2. The Bertz CT molecular complexity index is 1590. The molecule has 4 aromatic carbocycles. The molecule has 1 saturated heterocycles. The van der Waals surface area contributed by atoms with Gasteiger partial charge in [0.2, 0.25) is 0 Å². The SMILES string of the molecule is CCN1/C(=C2/SC(=Nc3ccc(Oc4ccccc4)cc3)N(CCc3ccccc3)C2=O)Sc2ccc(Cl)cc21. The Morgan fingerprint density at radius 2 is 1.52 bits per heavy atom. The first-order chi connectivity index (χ1) is 19.6. The summed E-state index contributed by atoms with van der Waals surface area (Å²) in [6.07, 6.45) is 0.735. The van der Waals surface area contributed by atoms with Crippen molar-refractivity contribution in [3.8, 4) is 11.5 Å². The Morgan fingerprint density at radius 3 is 2.25 bits per heavy atom. The summed E-state index contributed by atoms with van der Waals surface area (Å²) in [5.74, 6) is 1.48. The lowest BCUT2D eigenvalue weighted by atomic mass is 10.1. The third-order valence-electron chi connectivity index (χ3n) is 6.54. The van der Waals surface area contributed by atoms with Gasteiger partial charge in [-0.15, -0.1) is 0 Å². The average molecular weight is 584 g/mol. The molecule has 0 aliphatic carbocycles. The maximum atomic E-state index is 13.9. The van der Waals surface area contributed by atoms with E-state index in [4.69, 9.17) is 21.3 Å². The molecule has 2 aliphatic heterocycles. The number of fused-ring (bicyclic) bond motifs is 1. The first-order valence-electron chi connectivity index (χ1n) is 13.0. The molecule has 2 heterocycles. The van der Waals surface area contributed by atoms with Gasteiger partial charge in [0.1, 0.15) is 21.4 Å². The summed E-state index contributed by atoms with van der Waals surface area (Å²) in [6.45, 7) is 3.35. The normalized spacial score (nSPS) is 17.6. The number of halogens is 1. The van der Waals surface area contributed by atoms with Crippen molar-refractivity contribution in [3.63, 3.8) is 0 Å². The lowest BCUT2D eigenvalue weighted by molar-refractivity contribution is -0.122. The van der Waals surface area contributed by atoms with Crippen LogP contribution in [-0.2, 0) is 11.2 Å². The van der Waals surface area contributed by atoms with Crippen molar-refractivity contribution in [1.29, 1.82) is 0 Å². The number of nitrogens with zero attached hydrogens (tertiary/aromatic N) is 3. The summed E-state index contributed by atoms with van der Waals surface area (Å²) in [5, 5.41) is 2.28. The van der Waals surface area contributed by atoms with Crippen LogP contribution in [0, 0.1) is 0 Å². The van der Waals surface area contributed by atoms with E-state index < -0.39 is 0 Å². The van der Waals surface area contributed by atoms with Crippen molar-refractivity contribution >= 4 is 57.6 Å². The highest BCUT2D eigenvalue weighted by atomic mass is 35.5. The fourth-order valence-electron chi connectivity index (χ4n) is 4.56. The number of carbonyl (C=O) groups is 1. The molecule has 1 amide bonds. The van der Waals surface area contributed by atoms with Crippen LogP contribution in [-0.4, -0.2) is 29.1 Å².